The molecule has 0 spiro atoms. The highest BCUT2D eigenvalue weighted by molar-refractivity contribution is 5.92. The second kappa shape index (κ2) is 10.9. The van der Waals surface area contributed by atoms with Crippen molar-refractivity contribution in [3.63, 3.8) is 0 Å². The molecular weight excluding hydrogens is 446 g/mol. The van der Waals surface area contributed by atoms with Gasteiger partial charge >= 0.3 is 0 Å². The number of nitrogens with one attached hydrogen (secondary N) is 1. The third-order valence-electron chi connectivity index (χ3n) is 8.55. The van der Waals surface area contributed by atoms with E-state index in [0.717, 1.165) is 29.0 Å². The smallest absolute Gasteiger partial charge is 0.161 e. The number of rotatable bonds is 7. The number of hydrogen-bond acceptors (Lipinski definition) is 4. The van der Waals surface area contributed by atoms with Crippen molar-refractivity contribution in [3.05, 3.63) is 47.5 Å². The summed E-state index contributed by atoms with van der Waals surface area (Å²) < 4.78 is 11.0. The first-order valence-electron chi connectivity index (χ1n) is 13.8. The second-order valence-electron chi connectivity index (χ2n) is 11.2. The maximum Gasteiger partial charge on any atom is 0.161 e. The van der Waals surface area contributed by atoms with Crippen LogP contribution < -0.4 is 9.47 Å². The molecule has 2 fully saturated rings. The van der Waals surface area contributed by atoms with Crippen molar-refractivity contribution in [3.8, 4) is 22.8 Å². The lowest BCUT2D eigenvalue weighted by molar-refractivity contribution is 0.0813. The molecule has 0 radical (unpaired) electrons. The van der Waals surface area contributed by atoms with Gasteiger partial charge in [-0.05, 0) is 92.4 Å². The number of nitrogens with zero attached hydrogens (tertiary/aromatic N) is 2. The number of likely N-dealkylation sites (N-methyl/N-ethyl adjacent to an activating group) is 1. The van der Waals surface area contributed by atoms with Gasteiger partial charge in [0.1, 0.15) is 0 Å². The number of methoxy groups -OCH3 is 2. The molecule has 194 valence electrons. The summed E-state index contributed by atoms with van der Waals surface area (Å²) in [6.45, 7) is 9.52. The monoisotopic (exact) mass is 489 g/mol. The van der Waals surface area contributed by atoms with E-state index in [0.29, 0.717) is 5.92 Å². The first-order valence-corrected chi connectivity index (χ1v) is 13.8. The number of hydrogen-bond donors (Lipinski definition) is 1. The minimum absolute atomic E-state index is 0.413. The molecule has 0 amide bonds. The van der Waals surface area contributed by atoms with Gasteiger partial charge in [0.25, 0.3) is 0 Å². The maximum atomic E-state index is 5.58. The zero-order valence-electron chi connectivity index (χ0n) is 22.8. The fourth-order valence-corrected chi connectivity index (χ4v) is 6.44. The molecule has 1 N–H and O–H groups in total. The molecule has 1 saturated carbocycles. The van der Waals surface area contributed by atoms with Crippen LogP contribution in [-0.2, 0) is 6.42 Å². The molecule has 0 bridgehead atoms. The number of aromatic amines is 1. The van der Waals surface area contributed by atoms with Gasteiger partial charge in [0.15, 0.2) is 11.5 Å². The molecule has 5 nitrogen and oxygen atoms in total. The first-order chi connectivity index (χ1) is 17.5. The second-order valence-corrected chi connectivity index (χ2v) is 11.2. The average molecular weight is 490 g/mol. The van der Waals surface area contributed by atoms with Gasteiger partial charge in [-0.15, -0.1) is 0 Å². The van der Waals surface area contributed by atoms with Gasteiger partial charge in [-0.3, -0.25) is 4.90 Å². The summed E-state index contributed by atoms with van der Waals surface area (Å²) in [6, 6.07) is 14.1. The number of ether oxygens (including phenoxy) is 2. The number of H-pyrrole nitrogens is 1. The van der Waals surface area contributed by atoms with E-state index in [1.165, 1.54) is 86.0 Å². The summed E-state index contributed by atoms with van der Waals surface area (Å²) in [5, 5.41) is 1.36. The van der Waals surface area contributed by atoms with Gasteiger partial charge in [0.2, 0.25) is 0 Å². The summed E-state index contributed by atoms with van der Waals surface area (Å²) in [5.74, 6) is 2.73. The minimum Gasteiger partial charge on any atom is -0.493 e. The quantitative estimate of drug-likeness (QED) is 0.421. The first kappa shape index (κ1) is 25.2. The van der Waals surface area contributed by atoms with Crippen molar-refractivity contribution in [2.24, 2.45) is 5.92 Å². The summed E-state index contributed by atoms with van der Waals surface area (Å²) >= 11 is 0. The topological polar surface area (TPSA) is 40.7 Å². The molecule has 0 unspecified atom stereocenters. The number of piperazine rings is 1. The lowest BCUT2D eigenvalue weighted by Crippen LogP contribution is -2.49. The molecule has 0 atom stereocenters. The van der Waals surface area contributed by atoms with E-state index in [-0.39, 0.29) is 0 Å². The van der Waals surface area contributed by atoms with Crippen LogP contribution in [0, 0.1) is 5.92 Å². The van der Waals surface area contributed by atoms with Gasteiger partial charge in [0, 0.05) is 48.7 Å². The molecule has 5 rings (SSSR count). The Kier molecular flexibility index (Phi) is 7.59. The van der Waals surface area contributed by atoms with E-state index in [4.69, 9.17) is 9.47 Å². The highest BCUT2D eigenvalue weighted by Gasteiger charge is 2.28. The molecule has 2 aliphatic rings. The minimum atomic E-state index is 0.413. The van der Waals surface area contributed by atoms with Gasteiger partial charge in [0.05, 0.1) is 19.9 Å². The predicted octanol–water partition coefficient (Wildman–Crippen LogP) is 6.32. The van der Waals surface area contributed by atoms with Crippen LogP contribution in [0.2, 0.25) is 0 Å². The third-order valence-corrected chi connectivity index (χ3v) is 8.55. The zero-order chi connectivity index (χ0) is 25.2. The Labute approximate surface area is 216 Å². The largest absolute Gasteiger partial charge is 0.493 e. The number of aromatic nitrogens is 1. The third kappa shape index (κ3) is 5.14. The highest BCUT2D eigenvalue weighted by atomic mass is 16.5. The predicted molar refractivity (Wildman–Crippen MR) is 149 cm³/mol. The molecule has 1 aliphatic carbocycles. The van der Waals surface area contributed by atoms with E-state index >= 15 is 0 Å². The normalized spacial score (nSPS) is 21.8. The lowest BCUT2D eigenvalue weighted by atomic mass is 9.81. The van der Waals surface area contributed by atoms with Crippen molar-refractivity contribution < 1.29 is 9.47 Å². The average Bonchev–Trinajstić information content (AvgIpc) is 3.28. The Morgan fingerprint density at radius 3 is 2.28 bits per heavy atom. The number of fused-ring (bicyclic) bond motifs is 1. The zero-order valence-corrected chi connectivity index (χ0v) is 22.8. The number of benzene rings is 2. The van der Waals surface area contributed by atoms with Crippen molar-refractivity contribution in [1.29, 1.82) is 0 Å². The van der Waals surface area contributed by atoms with Crippen LogP contribution >= 0.6 is 0 Å². The van der Waals surface area contributed by atoms with E-state index in [9.17, 15) is 0 Å². The SMILES string of the molecule is COc1ccc(-c2[nH]c3ccc(CC4CCC(N5CCN(C)CC5)CC4)cc3c2C(C)C)cc1OC. The Morgan fingerprint density at radius 1 is 0.889 bits per heavy atom. The van der Waals surface area contributed by atoms with Gasteiger partial charge in [-0.25, -0.2) is 0 Å². The van der Waals surface area contributed by atoms with Crippen LogP contribution in [0.4, 0.5) is 0 Å². The molecule has 1 aromatic heterocycles. The van der Waals surface area contributed by atoms with Crippen molar-refractivity contribution in [2.75, 3.05) is 47.4 Å². The molecule has 2 aromatic carbocycles. The van der Waals surface area contributed by atoms with Crippen molar-refractivity contribution in [2.45, 2.75) is 57.9 Å². The molecular formula is C31H43N3O2. The van der Waals surface area contributed by atoms with Crippen LogP contribution in [0.3, 0.4) is 0 Å². The van der Waals surface area contributed by atoms with Gasteiger partial charge in [-0.1, -0.05) is 19.9 Å². The lowest BCUT2D eigenvalue weighted by Gasteiger charge is -2.41. The van der Waals surface area contributed by atoms with Crippen molar-refractivity contribution >= 4 is 10.9 Å². The summed E-state index contributed by atoms with van der Waals surface area (Å²) in [6.07, 6.45) is 6.63. The highest BCUT2D eigenvalue weighted by Crippen LogP contribution is 2.40. The Morgan fingerprint density at radius 2 is 1.61 bits per heavy atom. The summed E-state index contributed by atoms with van der Waals surface area (Å²) in [5.41, 5.74) is 6.40. The van der Waals surface area contributed by atoms with E-state index in [1.54, 1.807) is 14.2 Å². The van der Waals surface area contributed by atoms with E-state index in [2.05, 4.69) is 66.0 Å². The van der Waals surface area contributed by atoms with Crippen LogP contribution in [-0.4, -0.2) is 68.3 Å². The summed E-state index contributed by atoms with van der Waals surface area (Å²) in [4.78, 5) is 8.94. The Bertz CT molecular complexity index is 1170. The molecule has 2 heterocycles. The van der Waals surface area contributed by atoms with Crippen LogP contribution in [0.15, 0.2) is 36.4 Å². The van der Waals surface area contributed by atoms with Crippen molar-refractivity contribution in [1.82, 2.24) is 14.8 Å². The Balaban J connectivity index is 1.33. The van der Waals surface area contributed by atoms with Crippen LogP contribution in [0.5, 0.6) is 11.5 Å². The molecule has 1 aliphatic heterocycles. The van der Waals surface area contributed by atoms with Crippen LogP contribution in [0.25, 0.3) is 22.2 Å². The van der Waals surface area contributed by atoms with E-state index < -0.39 is 0 Å². The summed E-state index contributed by atoms with van der Waals surface area (Å²) in [7, 11) is 5.62. The Hall–Kier alpha value is -2.50. The molecule has 1 saturated heterocycles. The van der Waals surface area contributed by atoms with E-state index in [1.807, 2.05) is 6.07 Å². The fourth-order valence-electron chi connectivity index (χ4n) is 6.44. The standard InChI is InChI=1S/C31H43N3O2/c1-21(2)30-26-19-23(18-22-6-10-25(11-7-22)34-16-14-33(3)15-17-34)8-12-27(26)32-31(30)24-9-13-28(35-4)29(20-24)36-5/h8-9,12-13,19-22,25,32H,6-7,10-11,14-18H2,1-5H3. The molecule has 3 aromatic rings. The van der Waals surface area contributed by atoms with Crippen LogP contribution in [0.1, 0.15) is 56.6 Å². The van der Waals surface area contributed by atoms with Gasteiger partial charge in [-0.2, -0.15) is 0 Å². The molecule has 5 heteroatoms. The van der Waals surface area contributed by atoms with Gasteiger partial charge < -0.3 is 19.4 Å². The fraction of sp³-hybridized carbons (Fsp3) is 0.548. The molecule has 36 heavy (non-hydrogen) atoms. The maximum absolute atomic E-state index is 5.58.